The molecule has 0 atom stereocenters. The predicted molar refractivity (Wildman–Crippen MR) is 151 cm³/mol. The summed E-state index contributed by atoms with van der Waals surface area (Å²) in [6.07, 6.45) is 3.54. The Morgan fingerprint density at radius 3 is 1.60 bits per heavy atom. The number of nitrogens with one attached hydrogen (secondary N) is 2. The Hall–Kier alpha value is -5.09. The van der Waals surface area contributed by atoms with E-state index in [9.17, 15) is 14.4 Å². The van der Waals surface area contributed by atoms with Crippen molar-refractivity contribution in [1.82, 2.24) is 19.9 Å². The van der Waals surface area contributed by atoms with Gasteiger partial charge in [-0.05, 0) is 24.3 Å². The van der Waals surface area contributed by atoms with Gasteiger partial charge >= 0.3 is 17.9 Å². The molecule has 6 aromatic rings. The maximum atomic E-state index is 10.8. The molecule has 204 valence electrons. The molecule has 4 heterocycles. The number of aromatic nitrogens is 4. The minimum atomic E-state index is -0.562. The fourth-order valence-corrected chi connectivity index (χ4v) is 4.13. The number of esters is 3. The molecule has 4 aromatic heterocycles. The minimum Gasteiger partial charge on any atom is -0.459 e. The van der Waals surface area contributed by atoms with Gasteiger partial charge in [-0.1, -0.05) is 36.4 Å². The van der Waals surface area contributed by atoms with Crippen molar-refractivity contribution in [1.29, 1.82) is 0 Å². The summed E-state index contributed by atoms with van der Waals surface area (Å²) in [7, 11) is 0. The zero-order valence-corrected chi connectivity index (χ0v) is 22.2. The van der Waals surface area contributed by atoms with E-state index in [0.717, 1.165) is 43.9 Å². The van der Waals surface area contributed by atoms with E-state index in [1.54, 1.807) is 12.4 Å². The van der Waals surface area contributed by atoms with Crippen molar-refractivity contribution in [3.8, 4) is 0 Å². The van der Waals surface area contributed by atoms with Crippen molar-refractivity contribution in [2.45, 2.75) is 34.0 Å². The van der Waals surface area contributed by atoms with E-state index >= 15 is 0 Å². The van der Waals surface area contributed by atoms with Crippen LogP contribution in [0.15, 0.2) is 73.1 Å². The fraction of sp³-hybridized carbons (Fsp3) is 0.167. The first-order chi connectivity index (χ1) is 19.2. The van der Waals surface area contributed by atoms with Gasteiger partial charge in [0.25, 0.3) is 0 Å². The van der Waals surface area contributed by atoms with Crippen LogP contribution in [0.5, 0.6) is 0 Å². The fourth-order valence-electron chi connectivity index (χ4n) is 4.13. The number of rotatable bonds is 3. The number of para-hydroxylation sites is 2. The molecule has 6 rings (SSSR count). The van der Waals surface area contributed by atoms with E-state index in [4.69, 9.17) is 9.84 Å². The van der Waals surface area contributed by atoms with Crippen molar-refractivity contribution in [3.63, 3.8) is 0 Å². The average molecular weight is 541 g/mol. The van der Waals surface area contributed by atoms with Gasteiger partial charge in [-0.25, -0.2) is 0 Å². The van der Waals surface area contributed by atoms with Crippen LogP contribution >= 0.6 is 0 Å². The lowest BCUT2D eigenvalue weighted by Gasteiger charge is -2.01. The summed E-state index contributed by atoms with van der Waals surface area (Å²) in [4.78, 5) is 45.4. The third-order valence-corrected chi connectivity index (χ3v) is 5.77. The number of H-pyrrole nitrogens is 2. The number of benzene rings is 2. The van der Waals surface area contributed by atoms with Crippen LogP contribution in [0, 0.1) is 0 Å². The van der Waals surface area contributed by atoms with Crippen molar-refractivity contribution in [2.24, 2.45) is 0 Å². The molecular formula is C30H28N4O6. The van der Waals surface area contributed by atoms with Crippen molar-refractivity contribution < 1.29 is 29.0 Å². The van der Waals surface area contributed by atoms with Crippen LogP contribution in [0.3, 0.4) is 0 Å². The number of carbonyl (C=O) groups excluding carboxylic acids is 3. The molecule has 40 heavy (non-hydrogen) atoms. The summed E-state index contributed by atoms with van der Waals surface area (Å²) in [5.41, 5.74) is 5.63. The number of hydrogen-bond donors (Lipinski definition) is 3. The Balaban J connectivity index is 0.000000152. The van der Waals surface area contributed by atoms with Gasteiger partial charge in [0.15, 0.2) is 0 Å². The lowest BCUT2D eigenvalue weighted by Crippen LogP contribution is -2.03. The second-order valence-corrected chi connectivity index (χ2v) is 8.81. The van der Waals surface area contributed by atoms with Gasteiger partial charge in [0.05, 0.1) is 41.4 Å². The number of fused-ring (bicyclic) bond motifs is 6. The summed E-state index contributed by atoms with van der Waals surface area (Å²) < 4.78 is 8.93. The van der Waals surface area contributed by atoms with Crippen molar-refractivity contribution in [2.75, 3.05) is 0 Å². The SMILES string of the molecule is CC(=O)OC(C)=O.CC(=O)OCc1cc2c(cn1)[nH]c1ccccc12.OCc1cc2c(cn1)[nH]c1ccccc12. The standard InChI is InChI=1S/C14H12N2O2.C12H10N2O.C4H6O3/c1-9(17)18-8-10-6-12-11-4-2-3-5-13(11)16-14(12)7-15-10;15-7-8-5-10-9-3-1-2-4-11(9)14-12(10)6-13-8;1-3(5)7-4(2)6/h2-7,16H,8H2,1H3;1-6,14-15H,7H2;1-2H3. The Morgan fingerprint density at radius 2 is 1.15 bits per heavy atom. The van der Waals surface area contributed by atoms with E-state index in [0.29, 0.717) is 5.69 Å². The second-order valence-electron chi connectivity index (χ2n) is 8.81. The molecule has 2 aromatic carbocycles. The molecule has 0 aliphatic carbocycles. The highest BCUT2D eigenvalue weighted by Crippen LogP contribution is 2.26. The average Bonchev–Trinajstić information content (AvgIpc) is 3.49. The number of nitrogens with zero attached hydrogens (tertiary/aromatic N) is 2. The third kappa shape index (κ3) is 6.86. The lowest BCUT2D eigenvalue weighted by atomic mass is 10.2. The van der Waals surface area contributed by atoms with Gasteiger partial charge in [0.1, 0.15) is 6.61 Å². The molecule has 0 fully saturated rings. The summed E-state index contributed by atoms with van der Waals surface area (Å²) in [6.45, 7) is 3.95. The largest absolute Gasteiger partial charge is 0.459 e. The molecule has 10 nitrogen and oxygen atoms in total. The minimum absolute atomic E-state index is 0.0184. The monoisotopic (exact) mass is 540 g/mol. The third-order valence-electron chi connectivity index (χ3n) is 5.77. The summed E-state index contributed by atoms with van der Waals surface area (Å²) in [5.74, 6) is -1.42. The molecule has 0 bridgehead atoms. The molecule has 10 heteroatoms. The highest BCUT2D eigenvalue weighted by molar-refractivity contribution is 6.07. The number of ether oxygens (including phenoxy) is 2. The first-order valence-corrected chi connectivity index (χ1v) is 12.4. The second kappa shape index (κ2) is 12.6. The Kier molecular flexibility index (Phi) is 8.82. The van der Waals surface area contributed by atoms with Crippen LogP contribution in [0.25, 0.3) is 43.6 Å². The number of hydrogen-bond acceptors (Lipinski definition) is 8. The number of pyridine rings is 2. The molecule has 0 aliphatic heterocycles. The van der Waals surface area contributed by atoms with Gasteiger partial charge < -0.3 is 24.5 Å². The molecule has 0 saturated heterocycles. The maximum Gasteiger partial charge on any atom is 0.310 e. The first-order valence-electron chi connectivity index (χ1n) is 12.4. The van der Waals surface area contributed by atoms with E-state index in [1.165, 1.54) is 26.2 Å². The van der Waals surface area contributed by atoms with Gasteiger partial charge in [0.2, 0.25) is 0 Å². The summed E-state index contributed by atoms with van der Waals surface area (Å²) >= 11 is 0. The molecule has 0 radical (unpaired) electrons. The van der Waals surface area contributed by atoms with Crippen LogP contribution in [0.1, 0.15) is 32.2 Å². The van der Waals surface area contributed by atoms with Crippen molar-refractivity contribution in [3.05, 3.63) is 84.4 Å². The molecule has 0 aliphatic rings. The first kappa shape index (κ1) is 27.9. The molecule has 3 N–H and O–H groups in total. The van der Waals surface area contributed by atoms with Crippen LogP contribution in [-0.2, 0) is 37.1 Å². The Labute approximate surface area is 229 Å². The van der Waals surface area contributed by atoms with Gasteiger partial charge in [0, 0.05) is 53.3 Å². The zero-order chi connectivity index (χ0) is 28.6. The number of aromatic amines is 2. The molecule has 0 saturated carbocycles. The number of aliphatic hydroxyl groups is 1. The number of carbonyl (C=O) groups is 3. The molecule has 0 spiro atoms. The Morgan fingerprint density at radius 1 is 0.675 bits per heavy atom. The normalized spacial score (nSPS) is 10.5. The van der Waals surface area contributed by atoms with E-state index < -0.39 is 11.9 Å². The lowest BCUT2D eigenvalue weighted by molar-refractivity contribution is -0.156. The van der Waals surface area contributed by atoms with Crippen LogP contribution in [-0.4, -0.2) is 43.0 Å². The molecular weight excluding hydrogens is 512 g/mol. The van der Waals surface area contributed by atoms with Gasteiger partial charge in [-0.2, -0.15) is 0 Å². The van der Waals surface area contributed by atoms with Crippen LogP contribution < -0.4 is 0 Å². The quantitative estimate of drug-likeness (QED) is 0.208. The predicted octanol–water partition coefficient (Wildman–Crippen LogP) is 5.08. The van der Waals surface area contributed by atoms with Crippen molar-refractivity contribution >= 4 is 61.5 Å². The summed E-state index contributed by atoms with van der Waals surface area (Å²) in [5, 5.41) is 13.6. The van der Waals surface area contributed by atoms with Crippen LogP contribution in [0.2, 0.25) is 0 Å². The highest BCUT2D eigenvalue weighted by Gasteiger charge is 2.06. The van der Waals surface area contributed by atoms with E-state index in [1.807, 2.05) is 48.5 Å². The van der Waals surface area contributed by atoms with Gasteiger partial charge in [-0.15, -0.1) is 0 Å². The molecule has 0 unspecified atom stereocenters. The van der Waals surface area contributed by atoms with Crippen LogP contribution in [0.4, 0.5) is 0 Å². The highest BCUT2D eigenvalue weighted by atomic mass is 16.6. The molecule has 0 amide bonds. The smallest absolute Gasteiger partial charge is 0.310 e. The summed E-state index contributed by atoms with van der Waals surface area (Å²) in [6, 6.07) is 20.1. The maximum absolute atomic E-state index is 10.8. The zero-order valence-electron chi connectivity index (χ0n) is 22.2. The number of aliphatic hydroxyl groups excluding tert-OH is 1. The van der Waals surface area contributed by atoms with Gasteiger partial charge in [-0.3, -0.25) is 24.4 Å². The van der Waals surface area contributed by atoms with E-state index in [2.05, 4.69) is 36.8 Å². The Bertz CT molecular complexity index is 1810. The van der Waals surface area contributed by atoms with E-state index in [-0.39, 0.29) is 19.2 Å². The topological polar surface area (TPSA) is 147 Å².